The van der Waals surface area contributed by atoms with Crippen LogP contribution >= 0.6 is 11.6 Å². The Bertz CT molecular complexity index is 1240. The van der Waals surface area contributed by atoms with Gasteiger partial charge in [-0.05, 0) is 50.8 Å². The normalized spacial score (nSPS) is 26.5. The Hall–Kier alpha value is -3.34. The van der Waals surface area contributed by atoms with Crippen molar-refractivity contribution in [1.82, 2.24) is 0 Å². The SMILES string of the molecule is COc1ccc(COC(=O)C/C(C)=C/[C@@H](O)[C@H]2O[C@@H]3CC/C(Cl)=C\C/C=C(/C)[C@H](OC(C)=O)CC(=O)O[C@@H]2C3)c(OC)c1. The molecule has 1 aromatic carbocycles. The number of halogens is 1. The minimum absolute atomic E-state index is 0.00722. The van der Waals surface area contributed by atoms with Crippen LogP contribution in [0, 0.1) is 0 Å². The van der Waals surface area contributed by atoms with Gasteiger partial charge < -0.3 is 33.5 Å². The number of hydrogen-bond acceptors (Lipinski definition) is 10. The number of fused-ring (bicyclic) bond motifs is 2. The smallest absolute Gasteiger partial charge is 0.310 e. The van der Waals surface area contributed by atoms with Crippen LogP contribution in [0.3, 0.4) is 0 Å². The van der Waals surface area contributed by atoms with Crippen LogP contribution in [0.2, 0.25) is 0 Å². The molecule has 0 radical (unpaired) electrons. The summed E-state index contributed by atoms with van der Waals surface area (Å²) in [7, 11) is 3.07. The van der Waals surface area contributed by atoms with Crippen molar-refractivity contribution in [3.05, 3.63) is 58.2 Å². The first-order valence-corrected chi connectivity index (χ1v) is 14.6. The first-order valence-electron chi connectivity index (χ1n) is 14.2. The Morgan fingerprint density at radius 1 is 1.19 bits per heavy atom. The minimum Gasteiger partial charge on any atom is -0.497 e. The van der Waals surface area contributed by atoms with E-state index in [1.807, 2.05) is 12.2 Å². The van der Waals surface area contributed by atoms with Gasteiger partial charge in [-0.15, -0.1) is 0 Å². The lowest BCUT2D eigenvalue weighted by molar-refractivity contribution is -0.159. The Morgan fingerprint density at radius 3 is 2.65 bits per heavy atom. The van der Waals surface area contributed by atoms with Crippen LogP contribution in [0.1, 0.15) is 64.9 Å². The summed E-state index contributed by atoms with van der Waals surface area (Å²) in [6, 6.07) is 5.21. The van der Waals surface area contributed by atoms with Crippen molar-refractivity contribution in [2.24, 2.45) is 0 Å². The van der Waals surface area contributed by atoms with E-state index in [2.05, 4.69) is 0 Å². The first-order chi connectivity index (χ1) is 20.5. The molecule has 0 aliphatic carbocycles. The van der Waals surface area contributed by atoms with E-state index in [1.54, 1.807) is 39.2 Å². The van der Waals surface area contributed by atoms with Gasteiger partial charge in [0.2, 0.25) is 0 Å². The number of rotatable bonds is 9. The number of hydrogen-bond donors (Lipinski definition) is 1. The third kappa shape index (κ3) is 10.7. The maximum absolute atomic E-state index is 12.9. The summed E-state index contributed by atoms with van der Waals surface area (Å²) in [5, 5.41) is 11.8. The maximum Gasteiger partial charge on any atom is 0.310 e. The second kappa shape index (κ2) is 16.5. The quantitative estimate of drug-likeness (QED) is 0.227. The summed E-state index contributed by atoms with van der Waals surface area (Å²) in [6.45, 7) is 4.77. The van der Waals surface area contributed by atoms with Crippen molar-refractivity contribution in [1.29, 1.82) is 0 Å². The zero-order chi connectivity index (χ0) is 31.5. The third-order valence-corrected chi connectivity index (χ3v) is 7.59. The summed E-state index contributed by atoms with van der Waals surface area (Å²) in [4.78, 5) is 37.2. The molecule has 10 nitrogen and oxygen atoms in total. The van der Waals surface area contributed by atoms with Gasteiger partial charge in [0.1, 0.15) is 42.5 Å². The van der Waals surface area contributed by atoms with E-state index in [0.717, 1.165) is 0 Å². The maximum atomic E-state index is 12.9. The summed E-state index contributed by atoms with van der Waals surface area (Å²) in [5.41, 5.74) is 1.95. The monoisotopic (exact) mass is 620 g/mol. The molecule has 3 rings (SSSR count). The summed E-state index contributed by atoms with van der Waals surface area (Å²) in [6.07, 6.45) is 3.15. The number of carbonyl (C=O) groups excluding carboxylic acids is 3. The standard InChI is InChI=1S/C32H41ClO10/c1-19(14-30(36)40-18-22-9-11-24(38-4)15-28(22)39-5)13-26(35)32-29-16-25(42-32)12-10-23(33)8-6-7-20(2)27(41-21(3)34)17-31(37)43-29/h7-9,11,13,15,25-27,29,32,35H,6,10,12,14,16-18H2,1-5H3/b19-13+,20-7-,23-8+/t25-,26-,27-,29-,32-/m1/s1. The third-order valence-electron chi connectivity index (χ3n) is 7.24. The van der Waals surface area contributed by atoms with E-state index in [-0.39, 0.29) is 25.6 Å². The van der Waals surface area contributed by atoms with Gasteiger partial charge in [-0.2, -0.15) is 0 Å². The molecule has 11 heteroatoms. The van der Waals surface area contributed by atoms with Crippen molar-refractivity contribution in [2.75, 3.05) is 14.2 Å². The van der Waals surface area contributed by atoms with Gasteiger partial charge in [0.15, 0.2) is 0 Å². The number of aliphatic hydroxyl groups excluding tert-OH is 1. The number of methoxy groups -OCH3 is 2. The van der Waals surface area contributed by atoms with Crippen molar-refractivity contribution in [3.63, 3.8) is 0 Å². The number of ether oxygens (including phenoxy) is 6. The van der Waals surface area contributed by atoms with Gasteiger partial charge in [-0.3, -0.25) is 14.4 Å². The van der Waals surface area contributed by atoms with Crippen molar-refractivity contribution >= 4 is 29.5 Å². The predicted molar refractivity (Wildman–Crippen MR) is 159 cm³/mol. The zero-order valence-electron chi connectivity index (χ0n) is 25.3. The summed E-state index contributed by atoms with van der Waals surface area (Å²) < 4.78 is 33.2. The largest absolute Gasteiger partial charge is 0.497 e. The minimum atomic E-state index is -1.16. The number of benzene rings is 1. The Morgan fingerprint density at radius 2 is 1.95 bits per heavy atom. The number of allylic oxidation sites excluding steroid dienone is 3. The molecule has 0 aromatic heterocycles. The van der Waals surface area contributed by atoms with Crippen LogP contribution in [0.15, 0.2) is 52.6 Å². The molecule has 2 aliphatic rings. The van der Waals surface area contributed by atoms with E-state index in [1.165, 1.54) is 20.1 Å². The highest BCUT2D eigenvalue weighted by Gasteiger charge is 2.41. The van der Waals surface area contributed by atoms with E-state index < -0.39 is 42.3 Å². The lowest BCUT2D eigenvalue weighted by Gasteiger charge is -2.24. The van der Waals surface area contributed by atoms with Gasteiger partial charge in [0, 0.05) is 30.0 Å². The molecule has 2 aliphatic heterocycles. The molecule has 0 unspecified atom stereocenters. The van der Waals surface area contributed by atoms with Crippen LogP contribution < -0.4 is 9.47 Å². The van der Waals surface area contributed by atoms with E-state index >= 15 is 0 Å². The van der Waals surface area contributed by atoms with Gasteiger partial charge >= 0.3 is 17.9 Å². The number of aliphatic hydroxyl groups is 1. The highest BCUT2D eigenvalue weighted by atomic mass is 35.5. The van der Waals surface area contributed by atoms with E-state index in [9.17, 15) is 19.5 Å². The highest BCUT2D eigenvalue weighted by molar-refractivity contribution is 6.29. The Labute approximate surface area is 257 Å². The molecule has 1 aromatic rings. The molecule has 236 valence electrons. The molecular formula is C32H41ClO10. The molecule has 43 heavy (non-hydrogen) atoms. The summed E-state index contributed by atoms with van der Waals surface area (Å²) >= 11 is 6.42. The van der Waals surface area contributed by atoms with Gasteiger partial charge in [0.25, 0.3) is 0 Å². The van der Waals surface area contributed by atoms with Crippen LogP contribution in [0.5, 0.6) is 11.5 Å². The average molecular weight is 621 g/mol. The van der Waals surface area contributed by atoms with Crippen LogP contribution in [0.4, 0.5) is 0 Å². The second-order valence-electron chi connectivity index (χ2n) is 10.7. The van der Waals surface area contributed by atoms with E-state index in [4.69, 9.17) is 40.0 Å². The Kier molecular flexibility index (Phi) is 13.1. The fourth-order valence-corrected chi connectivity index (χ4v) is 5.18. The first kappa shape index (κ1) is 34.2. The molecule has 0 saturated carbocycles. The number of carbonyl (C=O) groups is 3. The molecular weight excluding hydrogens is 580 g/mol. The lowest BCUT2D eigenvalue weighted by Crippen LogP contribution is -2.37. The van der Waals surface area contributed by atoms with Crippen molar-refractivity contribution in [2.45, 2.75) is 96.4 Å². The van der Waals surface area contributed by atoms with Crippen LogP contribution in [-0.2, 0) is 39.9 Å². The molecule has 1 fully saturated rings. The van der Waals surface area contributed by atoms with Crippen molar-refractivity contribution in [3.8, 4) is 11.5 Å². The zero-order valence-corrected chi connectivity index (χ0v) is 26.1. The van der Waals surface area contributed by atoms with Gasteiger partial charge in [-0.25, -0.2) is 0 Å². The molecule has 5 atom stereocenters. The predicted octanol–water partition coefficient (Wildman–Crippen LogP) is 5.09. The number of esters is 3. The fraction of sp³-hybridized carbons (Fsp3) is 0.531. The fourth-order valence-electron chi connectivity index (χ4n) is 4.98. The van der Waals surface area contributed by atoms with E-state index in [0.29, 0.717) is 58.9 Å². The van der Waals surface area contributed by atoms with Crippen molar-refractivity contribution < 1.29 is 47.9 Å². The molecule has 2 bridgehead atoms. The van der Waals surface area contributed by atoms with Gasteiger partial charge in [-0.1, -0.05) is 35.4 Å². The molecule has 1 saturated heterocycles. The molecule has 0 spiro atoms. The molecule has 0 amide bonds. The van der Waals surface area contributed by atoms with Crippen LogP contribution in [0.25, 0.3) is 0 Å². The highest BCUT2D eigenvalue weighted by Crippen LogP contribution is 2.32. The molecule has 1 N–H and O–H groups in total. The van der Waals surface area contributed by atoms with Gasteiger partial charge in [0.05, 0.1) is 33.2 Å². The Balaban J connectivity index is 1.67. The topological polar surface area (TPSA) is 127 Å². The summed E-state index contributed by atoms with van der Waals surface area (Å²) in [5.74, 6) is -0.421. The average Bonchev–Trinajstić information content (AvgIpc) is 3.36. The lowest BCUT2D eigenvalue weighted by atomic mass is 10.0. The van der Waals surface area contributed by atoms with Crippen LogP contribution in [-0.4, -0.2) is 67.8 Å². The second-order valence-corrected chi connectivity index (χ2v) is 11.2. The molecule has 2 heterocycles.